The number of amides is 1. The molecule has 5 nitrogen and oxygen atoms in total. The second-order valence-electron chi connectivity index (χ2n) is 6.32. The van der Waals surface area contributed by atoms with E-state index in [0.29, 0.717) is 5.92 Å². The zero-order valence-corrected chi connectivity index (χ0v) is 13.5. The van der Waals surface area contributed by atoms with Crippen molar-refractivity contribution >= 4 is 11.7 Å². The molecule has 0 bridgehead atoms. The highest BCUT2D eigenvalue weighted by molar-refractivity contribution is 5.79. The summed E-state index contributed by atoms with van der Waals surface area (Å²) in [7, 11) is 0. The molecule has 2 rings (SSSR count). The number of aryl methyl sites for hydroxylation is 1. The second-order valence-corrected chi connectivity index (χ2v) is 6.32. The molecule has 0 radical (unpaired) electrons. The Morgan fingerprint density at radius 1 is 1.29 bits per heavy atom. The van der Waals surface area contributed by atoms with Crippen molar-refractivity contribution in [3.05, 3.63) is 18.1 Å². The molecular weight excluding hydrogens is 264 g/mol. The molecule has 1 aromatic rings. The lowest BCUT2D eigenvalue weighted by Gasteiger charge is -2.32. The van der Waals surface area contributed by atoms with Crippen LogP contribution in [-0.2, 0) is 4.79 Å². The fourth-order valence-corrected chi connectivity index (χ4v) is 2.48. The maximum Gasteiger partial charge on any atom is 0.223 e. The zero-order valence-electron chi connectivity index (χ0n) is 13.5. The van der Waals surface area contributed by atoms with Gasteiger partial charge in [-0.05, 0) is 32.6 Å². The smallest absolute Gasteiger partial charge is 0.223 e. The van der Waals surface area contributed by atoms with Gasteiger partial charge in [-0.25, -0.2) is 4.98 Å². The lowest BCUT2D eigenvalue weighted by atomic mass is 9.95. The Balaban J connectivity index is 1.87. The van der Waals surface area contributed by atoms with Gasteiger partial charge in [0.05, 0.1) is 11.9 Å². The number of nitrogens with zero attached hydrogens (tertiary/aromatic N) is 3. The van der Waals surface area contributed by atoms with Gasteiger partial charge in [0.25, 0.3) is 0 Å². The molecule has 1 atom stereocenters. The summed E-state index contributed by atoms with van der Waals surface area (Å²) >= 11 is 0. The minimum Gasteiger partial charge on any atom is -0.355 e. The fourth-order valence-electron chi connectivity index (χ4n) is 2.48. The summed E-state index contributed by atoms with van der Waals surface area (Å²) in [4.78, 5) is 23.2. The molecule has 1 amide bonds. The molecule has 1 aliphatic rings. The Kier molecular flexibility index (Phi) is 5.15. The molecule has 1 N–H and O–H groups in total. The average Bonchev–Trinajstić information content (AvgIpc) is 2.47. The van der Waals surface area contributed by atoms with Crippen LogP contribution in [0, 0.1) is 18.8 Å². The van der Waals surface area contributed by atoms with Crippen LogP contribution in [0.25, 0.3) is 0 Å². The fraction of sp³-hybridized carbons (Fsp3) is 0.688. The largest absolute Gasteiger partial charge is 0.355 e. The van der Waals surface area contributed by atoms with E-state index in [0.717, 1.165) is 37.4 Å². The van der Waals surface area contributed by atoms with Crippen LogP contribution in [0.5, 0.6) is 0 Å². The van der Waals surface area contributed by atoms with Crippen LogP contribution in [0.15, 0.2) is 12.4 Å². The highest BCUT2D eigenvalue weighted by atomic mass is 16.1. The molecule has 21 heavy (non-hydrogen) atoms. The normalized spacial score (nSPS) is 17.9. The summed E-state index contributed by atoms with van der Waals surface area (Å²) in [6.07, 6.45) is 5.32. The lowest BCUT2D eigenvalue weighted by molar-refractivity contribution is -0.126. The quantitative estimate of drug-likeness (QED) is 0.923. The van der Waals surface area contributed by atoms with Crippen molar-refractivity contribution in [2.24, 2.45) is 11.8 Å². The molecule has 0 saturated carbocycles. The van der Waals surface area contributed by atoms with Crippen molar-refractivity contribution in [2.75, 3.05) is 18.0 Å². The van der Waals surface area contributed by atoms with Gasteiger partial charge in [0, 0.05) is 31.2 Å². The Morgan fingerprint density at radius 3 is 2.52 bits per heavy atom. The number of aromatic nitrogens is 2. The van der Waals surface area contributed by atoms with Crippen LogP contribution in [0.1, 0.15) is 39.3 Å². The molecule has 1 saturated heterocycles. The van der Waals surface area contributed by atoms with Crippen molar-refractivity contribution in [2.45, 2.75) is 46.6 Å². The van der Waals surface area contributed by atoms with E-state index >= 15 is 0 Å². The summed E-state index contributed by atoms with van der Waals surface area (Å²) in [5.74, 6) is 1.72. The van der Waals surface area contributed by atoms with Crippen LogP contribution in [-0.4, -0.2) is 35.0 Å². The van der Waals surface area contributed by atoms with Crippen molar-refractivity contribution in [1.82, 2.24) is 15.3 Å². The Morgan fingerprint density at radius 2 is 1.95 bits per heavy atom. The standard InChI is InChI=1S/C16H26N4O/c1-11(2)13(4)19-16(21)14-5-7-20(8-6-14)15-10-17-9-12(3)18-15/h9-11,13-14H,5-8H2,1-4H3,(H,19,21). The summed E-state index contributed by atoms with van der Waals surface area (Å²) < 4.78 is 0. The van der Waals surface area contributed by atoms with E-state index in [1.165, 1.54) is 0 Å². The summed E-state index contributed by atoms with van der Waals surface area (Å²) in [6, 6.07) is 0.234. The predicted molar refractivity (Wildman–Crippen MR) is 84.1 cm³/mol. The number of carbonyl (C=O) groups is 1. The van der Waals surface area contributed by atoms with Crippen molar-refractivity contribution < 1.29 is 4.79 Å². The Labute approximate surface area is 127 Å². The van der Waals surface area contributed by atoms with Gasteiger partial charge in [0.1, 0.15) is 5.82 Å². The molecular formula is C16H26N4O. The molecule has 5 heteroatoms. The first-order chi connectivity index (χ1) is 9.97. The number of nitrogens with one attached hydrogen (secondary N) is 1. The molecule has 1 unspecified atom stereocenters. The van der Waals surface area contributed by atoms with Crippen molar-refractivity contribution in [3.63, 3.8) is 0 Å². The third-order valence-electron chi connectivity index (χ3n) is 4.30. The van der Waals surface area contributed by atoms with Crippen LogP contribution >= 0.6 is 0 Å². The lowest BCUT2D eigenvalue weighted by Crippen LogP contribution is -2.44. The van der Waals surface area contributed by atoms with Gasteiger partial charge in [0.15, 0.2) is 0 Å². The number of piperidine rings is 1. The molecule has 116 valence electrons. The number of anilines is 1. The first-order valence-corrected chi connectivity index (χ1v) is 7.81. The molecule has 2 heterocycles. The Hall–Kier alpha value is -1.65. The molecule has 0 aliphatic carbocycles. The van der Waals surface area contributed by atoms with Gasteiger partial charge in [-0.2, -0.15) is 0 Å². The molecule has 1 aliphatic heterocycles. The molecule has 1 aromatic heterocycles. The van der Waals surface area contributed by atoms with E-state index < -0.39 is 0 Å². The average molecular weight is 290 g/mol. The van der Waals surface area contributed by atoms with E-state index in [9.17, 15) is 4.79 Å². The van der Waals surface area contributed by atoms with Gasteiger partial charge in [-0.3, -0.25) is 9.78 Å². The second kappa shape index (κ2) is 6.87. The maximum atomic E-state index is 12.3. The minimum atomic E-state index is 0.125. The first kappa shape index (κ1) is 15.7. The van der Waals surface area contributed by atoms with E-state index in [2.05, 4.69) is 41.0 Å². The van der Waals surface area contributed by atoms with Gasteiger partial charge in [0.2, 0.25) is 5.91 Å². The summed E-state index contributed by atoms with van der Waals surface area (Å²) in [5.41, 5.74) is 0.929. The van der Waals surface area contributed by atoms with Gasteiger partial charge < -0.3 is 10.2 Å². The summed E-state index contributed by atoms with van der Waals surface area (Å²) in [5, 5.41) is 3.13. The van der Waals surface area contributed by atoms with E-state index in [1.807, 2.05) is 6.92 Å². The Bertz CT molecular complexity index is 481. The van der Waals surface area contributed by atoms with E-state index in [1.54, 1.807) is 12.4 Å². The summed E-state index contributed by atoms with van der Waals surface area (Å²) in [6.45, 7) is 10.0. The van der Waals surface area contributed by atoms with Crippen LogP contribution in [0.3, 0.4) is 0 Å². The number of carbonyl (C=O) groups excluding carboxylic acids is 1. The van der Waals surface area contributed by atoms with E-state index in [4.69, 9.17) is 0 Å². The number of rotatable bonds is 4. The highest BCUT2D eigenvalue weighted by Crippen LogP contribution is 2.22. The van der Waals surface area contributed by atoms with Crippen molar-refractivity contribution in [1.29, 1.82) is 0 Å². The monoisotopic (exact) mass is 290 g/mol. The SMILES string of the molecule is Cc1cncc(N2CCC(C(=O)NC(C)C(C)C)CC2)n1. The van der Waals surface area contributed by atoms with Crippen LogP contribution in [0.2, 0.25) is 0 Å². The zero-order chi connectivity index (χ0) is 15.4. The first-order valence-electron chi connectivity index (χ1n) is 7.81. The van der Waals surface area contributed by atoms with Gasteiger partial charge >= 0.3 is 0 Å². The maximum absolute atomic E-state index is 12.3. The number of hydrogen-bond donors (Lipinski definition) is 1. The number of hydrogen-bond acceptors (Lipinski definition) is 4. The predicted octanol–water partition coefficient (Wildman–Crippen LogP) is 2.16. The molecule has 0 aromatic carbocycles. The van der Waals surface area contributed by atoms with E-state index in [-0.39, 0.29) is 17.9 Å². The molecule has 0 spiro atoms. The van der Waals surface area contributed by atoms with Crippen LogP contribution < -0.4 is 10.2 Å². The van der Waals surface area contributed by atoms with Gasteiger partial charge in [-0.1, -0.05) is 13.8 Å². The minimum absolute atomic E-state index is 0.125. The topological polar surface area (TPSA) is 58.1 Å². The highest BCUT2D eigenvalue weighted by Gasteiger charge is 2.26. The molecule has 1 fully saturated rings. The van der Waals surface area contributed by atoms with Crippen molar-refractivity contribution in [3.8, 4) is 0 Å². The third-order valence-corrected chi connectivity index (χ3v) is 4.30. The van der Waals surface area contributed by atoms with Gasteiger partial charge in [-0.15, -0.1) is 0 Å². The third kappa shape index (κ3) is 4.16. The van der Waals surface area contributed by atoms with Crippen LogP contribution in [0.4, 0.5) is 5.82 Å².